The number of benzene rings is 7. The van der Waals surface area contributed by atoms with Crippen LogP contribution >= 0.6 is 0 Å². The SMILES string of the molecule is CC1(C)c2cc3oc4ccccc4c3cc2N(c2ccccc2)c2ccc3cc(C=C4C(=O)c5cc6ccccc6cc5C4=O)ccc3c21. The molecule has 0 unspecified atom stereocenters. The number of carbonyl (C=O) groups is 2. The van der Waals surface area contributed by atoms with E-state index in [1.165, 1.54) is 11.1 Å². The molecule has 0 fully saturated rings. The molecule has 0 spiro atoms. The summed E-state index contributed by atoms with van der Waals surface area (Å²) in [5, 5.41) is 6.28. The molecule has 0 radical (unpaired) electrons. The maximum absolute atomic E-state index is 13.5. The topological polar surface area (TPSA) is 50.5 Å². The van der Waals surface area contributed by atoms with Gasteiger partial charge in [-0.1, -0.05) is 92.7 Å². The van der Waals surface area contributed by atoms with Gasteiger partial charge < -0.3 is 9.32 Å². The Bertz CT molecular complexity index is 2730. The second kappa shape index (κ2) is 9.88. The van der Waals surface area contributed by atoms with Gasteiger partial charge in [-0.05, 0) is 98.9 Å². The Kier molecular flexibility index (Phi) is 5.61. The third kappa shape index (κ3) is 3.92. The molecule has 232 valence electrons. The van der Waals surface area contributed by atoms with Crippen molar-refractivity contribution in [2.45, 2.75) is 19.3 Å². The smallest absolute Gasteiger partial charge is 0.197 e. The summed E-state index contributed by atoms with van der Waals surface area (Å²) in [5.41, 5.74) is 9.10. The lowest BCUT2D eigenvalue weighted by Gasteiger charge is -2.42. The van der Waals surface area contributed by atoms with Gasteiger partial charge in [-0.2, -0.15) is 0 Å². The number of carbonyl (C=O) groups excluding carboxylic acids is 2. The fraction of sp³-hybridized carbons (Fsp3) is 0.0667. The van der Waals surface area contributed by atoms with E-state index < -0.39 is 0 Å². The van der Waals surface area contributed by atoms with Crippen LogP contribution in [0.4, 0.5) is 17.1 Å². The van der Waals surface area contributed by atoms with Crippen LogP contribution in [0.2, 0.25) is 0 Å². The van der Waals surface area contributed by atoms with Gasteiger partial charge in [0.2, 0.25) is 0 Å². The first-order valence-electron chi connectivity index (χ1n) is 16.6. The highest BCUT2D eigenvalue weighted by Gasteiger charge is 2.39. The number of anilines is 3. The van der Waals surface area contributed by atoms with Gasteiger partial charge in [-0.3, -0.25) is 9.59 Å². The minimum absolute atomic E-state index is 0.210. The number of ketones is 2. The van der Waals surface area contributed by atoms with Gasteiger partial charge in [0.1, 0.15) is 11.2 Å². The summed E-state index contributed by atoms with van der Waals surface area (Å²) >= 11 is 0. The molecule has 10 rings (SSSR count). The molecule has 2 heterocycles. The van der Waals surface area contributed by atoms with E-state index in [9.17, 15) is 9.59 Å². The lowest BCUT2D eigenvalue weighted by atomic mass is 9.71. The normalized spacial score (nSPS) is 14.9. The third-order valence-corrected chi connectivity index (χ3v) is 10.5. The number of hydrogen-bond donors (Lipinski definition) is 0. The summed E-state index contributed by atoms with van der Waals surface area (Å²) in [6.45, 7) is 4.57. The van der Waals surface area contributed by atoms with Crippen LogP contribution in [0, 0.1) is 0 Å². The Hall–Kier alpha value is -6.26. The molecule has 0 saturated carbocycles. The Morgan fingerprint density at radius 1 is 0.571 bits per heavy atom. The van der Waals surface area contributed by atoms with Crippen molar-refractivity contribution in [1.82, 2.24) is 0 Å². The van der Waals surface area contributed by atoms with Crippen LogP contribution in [-0.2, 0) is 5.41 Å². The van der Waals surface area contributed by atoms with Crippen LogP contribution in [0.1, 0.15) is 51.3 Å². The van der Waals surface area contributed by atoms with E-state index in [0.29, 0.717) is 11.1 Å². The third-order valence-electron chi connectivity index (χ3n) is 10.5. The van der Waals surface area contributed by atoms with Gasteiger partial charge in [0.05, 0.1) is 16.9 Å². The second-order valence-corrected chi connectivity index (χ2v) is 13.7. The number of nitrogens with zero attached hydrogens (tertiary/aromatic N) is 1. The molecule has 0 N–H and O–H groups in total. The number of Topliss-reactive ketones (excluding diaryl/α,β-unsaturated/α-hetero) is 2. The number of fused-ring (bicyclic) bond motifs is 9. The lowest BCUT2D eigenvalue weighted by molar-refractivity contribution is 0.0990. The molecular weight excluding hydrogens is 602 g/mol. The van der Waals surface area contributed by atoms with Crippen molar-refractivity contribution >= 4 is 78.2 Å². The molecule has 1 aromatic heterocycles. The van der Waals surface area contributed by atoms with Gasteiger partial charge >= 0.3 is 0 Å². The fourth-order valence-electron chi connectivity index (χ4n) is 8.14. The van der Waals surface area contributed by atoms with E-state index in [-0.39, 0.29) is 22.6 Å². The van der Waals surface area contributed by atoms with Crippen LogP contribution < -0.4 is 4.90 Å². The summed E-state index contributed by atoms with van der Waals surface area (Å²) in [5.74, 6) is -0.436. The highest BCUT2D eigenvalue weighted by Crippen LogP contribution is 2.55. The van der Waals surface area contributed by atoms with E-state index in [1.54, 1.807) is 6.08 Å². The molecule has 0 atom stereocenters. The fourth-order valence-corrected chi connectivity index (χ4v) is 8.14. The highest BCUT2D eigenvalue weighted by molar-refractivity contribution is 6.42. The predicted octanol–water partition coefficient (Wildman–Crippen LogP) is 11.5. The second-order valence-electron chi connectivity index (χ2n) is 13.7. The van der Waals surface area contributed by atoms with Crippen LogP contribution in [0.3, 0.4) is 0 Å². The Labute approximate surface area is 282 Å². The molecule has 1 aliphatic carbocycles. The van der Waals surface area contributed by atoms with Gasteiger partial charge in [0.25, 0.3) is 0 Å². The van der Waals surface area contributed by atoms with Crippen molar-refractivity contribution in [2.24, 2.45) is 0 Å². The standard InChI is InChI=1S/C45H29NO3/c1-45(2)37-25-41-33(32-14-8-9-15-40(32)49-41)24-39(37)46(30-12-4-3-5-13-30)38-19-17-29-20-26(16-18-31(29)42(38)45)21-36-43(47)34-22-27-10-6-7-11-28(27)23-35(34)44(36)48/h3-25H,1-2H3. The molecule has 0 bridgehead atoms. The summed E-state index contributed by atoms with van der Waals surface area (Å²) in [6, 6.07) is 45.3. The first-order chi connectivity index (χ1) is 23.9. The zero-order chi connectivity index (χ0) is 33.0. The minimum atomic E-state index is -0.371. The molecule has 7 aromatic carbocycles. The van der Waals surface area contributed by atoms with Gasteiger partial charge in [0.15, 0.2) is 11.6 Å². The van der Waals surface area contributed by atoms with Gasteiger partial charge in [-0.15, -0.1) is 0 Å². The van der Waals surface area contributed by atoms with Crippen LogP contribution in [-0.4, -0.2) is 11.6 Å². The summed E-state index contributed by atoms with van der Waals surface area (Å²) in [7, 11) is 0. The van der Waals surface area contributed by atoms with Crippen molar-refractivity contribution in [2.75, 3.05) is 4.90 Å². The Balaban J connectivity index is 1.14. The van der Waals surface area contributed by atoms with E-state index in [4.69, 9.17) is 4.42 Å². The van der Waals surface area contributed by atoms with E-state index in [1.807, 2.05) is 60.7 Å². The number of para-hydroxylation sites is 2. The zero-order valence-electron chi connectivity index (χ0n) is 27.0. The first-order valence-corrected chi connectivity index (χ1v) is 16.6. The Morgan fingerprint density at radius 3 is 2.02 bits per heavy atom. The van der Waals surface area contributed by atoms with Crippen LogP contribution in [0.5, 0.6) is 0 Å². The Morgan fingerprint density at radius 2 is 1.27 bits per heavy atom. The van der Waals surface area contributed by atoms with E-state index in [2.05, 4.69) is 91.5 Å². The van der Waals surface area contributed by atoms with Crippen molar-refractivity contribution in [3.8, 4) is 0 Å². The molecule has 49 heavy (non-hydrogen) atoms. The molecule has 1 aliphatic heterocycles. The van der Waals surface area contributed by atoms with Gasteiger partial charge in [-0.25, -0.2) is 0 Å². The summed E-state index contributed by atoms with van der Waals surface area (Å²) in [6.07, 6.45) is 1.75. The number of hydrogen-bond acceptors (Lipinski definition) is 4. The van der Waals surface area contributed by atoms with Crippen molar-refractivity contribution in [1.29, 1.82) is 0 Å². The molecule has 0 amide bonds. The maximum Gasteiger partial charge on any atom is 0.197 e. The van der Waals surface area contributed by atoms with Crippen molar-refractivity contribution in [3.63, 3.8) is 0 Å². The number of furan rings is 1. The lowest BCUT2D eigenvalue weighted by Crippen LogP contribution is -2.31. The quantitative estimate of drug-likeness (QED) is 0.141. The number of allylic oxidation sites excluding steroid dienone is 1. The van der Waals surface area contributed by atoms with E-state index >= 15 is 0 Å². The van der Waals surface area contributed by atoms with Gasteiger partial charge in [0, 0.05) is 33.0 Å². The minimum Gasteiger partial charge on any atom is -0.456 e. The molecular formula is C45H29NO3. The average molecular weight is 632 g/mol. The largest absolute Gasteiger partial charge is 0.456 e. The molecule has 2 aliphatic rings. The van der Waals surface area contributed by atoms with Crippen molar-refractivity contribution in [3.05, 3.63) is 167 Å². The van der Waals surface area contributed by atoms with E-state index in [0.717, 1.165) is 66.1 Å². The monoisotopic (exact) mass is 631 g/mol. The summed E-state index contributed by atoms with van der Waals surface area (Å²) < 4.78 is 6.39. The molecule has 4 nitrogen and oxygen atoms in total. The average Bonchev–Trinajstić information content (AvgIpc) is 3.60. The summed E-state index contributed by atoms with van der Waals surface area (Å²) in [4.78, 5) is 29.4. The molecule has 4 heteroatoms. The van der Waals surface area contributed by atoms with Crippen LogP contribution in [0.15, 0.2) is 143 Å². The zero-order valence-corrected chi connectivity index (χ0v) is 27.0. The highest BCUT2D eigenvalue weighted by atomic mass is 16.3. The van der Waals surface area contributed by atoms with Crippen molar-refractivity contribution < 1.29 is 14.0 Å². The van der Waals surface area contributed by atoms with Crippen LogP contribution in [0.25, 0.3) is 49.6 Å². The first kappa shape index (κ1) is 27.8. The maximum atomic E-state index is 13.5. The molecule has 8 aromatic rings. The number of rotatable bonds is 2. The predicted molar refractivity (Wildman–Crippen MR) is 199 cm³/mol. The molecule has 0 saturated heterocycles.